The van der Waals surface area contributed by atoms with Gasteiger partial charge in [0.2, 0.25) is 17.3 Å². The van der Waals surface area contributed by atoms with E-state index >= 15 is 0 Å². The van der Waals surface area contributed by atoms with Crippen LogP contribution in [-0.4, -0.2) is 17.3 Å². The SMILES string of the molecule is CCCC(Cl)(N=C=O)N=C=O. The van der Waals surface area contributed by atoms with Crippen LogP contribution in [0.4, 0.5) is 0 Å². The molecule has 0 aliphatic rings. The zero-order valence-electron chi connectivity index (χ0n) is 6.00. The summed E-state index contributed by atoms with van der Waals surface area (Å²) in [5, 5.41) is -1.47. The van der Waals surface area contributed by atoms with Gasteiger partial charge >= 0.3 is 0 Å². The van der Waals surface area contributed by atoms with Gasteiger partial charge in [0.25, 0.3) is 0 Å². The zero-order chi connectivity index (χ0) is 8.74. The minimum atomic E-state index is -1.47. The molecular formula is C6H7ClN2O2. The Morgan fingerprint density at radius 3 is 2.09 bits per heavy atom. The number of nitrogens with zero attached hydrogens (tertiary/aromatic N) is 2. The fourth-order valence-electron chi connectivity index (χ4n) is 0.595. The Labute approximate surface area is 69.0 Å². The highest BCUT2D eigenvalue weighted by atomic mass is 35.5. The van der Waals surface area contributed by atoms with Crippen molar-refractivity contribution in [2.24, 2.45) is 9.98 Å². The maximum Gasteiger partial charge on any atom is 0.248 e. The highest BCUT2D eigenvalue weighted by molar-refractivity contribution is 6.24. The first-order valence-corrected chi connectivity index (χ1v) is 3.43. The average molecular weight is 175 g/mol. The van der Waals surface area contributed by atoms with Gasteiger partial charge in [0.05, 0.1) is 0 Å². The van der Waals surface area contributed by atoms with E-state index in [4.69, 9.17) is 11.6 Å². The summed E-state index contributed by atoms with van der Waals surface area (Å²) in [5.41, 5.74) is 0. The van der Waals surface area contributed by atoms with E-state index < -0.39 is 5.12 Å². The number of aliphatic imine (C=N–C) groups is 2. The van der Waals surface area contributed by atoms with E-state index in [2.05, 4.69) is 9.98 Å². The van der Waals surface area contributed by atoms with Crippen LogP contribution in [-0.2, 0) is 9.59 Å². The van der Waals surface area contributed by atoms with Crippen molar-refractivity contribution in [1.82, 2.24) is 0 Å². The molecule has 0 aromatic carbocycles. The normalized spacial score (nSPS) is 14.0. The molecule has 60 valence electrons. The molecule has 0 rings (SSSR count). The number of rotatable bonds is 4. The van der Waals surface area contributed by atoms with Crippen LogP contribution in [0.1, 0.15) is 19.8 Å². The Hall–Kier alpha value is -0.950. The van der Waals surface area contributed by atoms with E-state index in [1.165, 1.54) is 12.2 Å². The Morgan fingerprint density at radius 2 is 1.82 bits per heavy atom. The smallest absolute Gasteiger partial charge is 0.211 e. The zero-order valence-corrected chi connectivity index (χ0v) is 6.76. The van der Waals surface area contributed by atoms with E-state index in [0.717, 1.165) is 0 Å². The molecule has 0 heterocycles. The van der Waals surface area contributed by atoms with Gasteiger partial charge in [0.15, 0.2) is 0 Å². The second kappa shape index (κ2) is 4.80. The summed E-state index contributed by atoms with van der Waals surface area (Å²) in [4.78, 5) is 25.9. The summed E-state index contributed by atoms with van der Waals surface area (Å²) >= 11 is 5.58. The number of halogens is 1. The summed E-state index contributed by atoms with van der Waals surface area (Å²) in [6.45, 7) is 1.83. The molecule has 0 bridgehead atoms. The molecule has 0 aliphatic carbocycles. The van der Waals surface area contributed by atoms with E-state index in [9.17, 15) is 9.59 Å². The maximum atomic E-state index is 9.80. The molecule has 0 aliphatic heterocycles. The van der Waals surface area contributed by atoms with Crippen LogP contribution in [0, 0.1) is 0 Å². The quantitative estimate of drug-likeness (QED) is 0.280. The number of isocyanates is 2. The van der Waals surface area contributed by atoms with Gasteiger partial charge < -0.3 is 0 Å². The topological polar surface area (TPSA) is 58.9 Å². The van der Waals surface area contributed by atoms with Crippen LogP contribution >= 0.6 is 11.6 Å². The standard InChI is InChI=1S/C6H7ClN2O2/c1-2-3-6(7,8-4-10)9-5-11/h2-3H2,1H3. The molecule has 0 unspecified atom stereocenters. The Bertz CT molecular complexity index is 199. The van der Waals surface area contributed by atoms with Crippen molar-refractivity contribution in [3.63, 3.8) is 0 Å². The lowest BCUT2D eigenvalue weighted by Crippen LogP contribution is -2.13. The summed E-state index contributed by atoms with van der Waals surface area (Å²) in [6.07, 6.45) is 3.48. The number of hydrogen-bond acceptors (Lipinski definition) is 4. The molecule has 0 radical (unpaired) electrons. The molecule has 4 nitrogen and oxygen atoms in total. The molecule has 0 aromatic heterocycles. The van der Waals surface area contributed by atoms with Crippen molar-refractivity contribution in [1.29, 1.82) is 0 Å². The maximum absolute atomic E-state index is 9.80. The van der Waals surface area contributed by atoms with Crippen LogP contribution in [0.5, 0.6) is 0 Å². The lowest BCUT2D eigenvalue weighted by Gasteiger charge is -2.10. The highest BCUT2D eigenvalue weighted by Gasteiger charge is 2.23. The molecule has 5 heteroatoms. The van der Waals surface area contributed by atoms with Gasteiger partial charge in [-0.05, 0) is 0 Å². The fraction of sp³-hybridized carbons (Fsp3) is 0.667. The summed E-state index contributed by atoms with van der Waals surface area (Å²) in [5.74, 6) is 0. The monoisotopic (exact) mass is 174 g/mol. The minimum Gasteiger partial charge on any atom is -0.211 e. The first-order chi connectivity index (χ1) is 5.18. The lowest BCUT2D eigenvalue weighted by molar-refractivity contribution is 0.519. The van der Waals surface area contributed by atoms with Gasteiger partial charge in [0.1, 0.15) is 0 Å². The van der Waals surface area contributed by atoms with Crippen LogP contribution in [0.25, 0.3) is 0 Å². The van der Waals surface area contributed by atoms with Crippen molar-refractivity contribution < 1.29 is 9.59 Å². The first kappa shape index (κ1) is 10.0. The predicted molar refractivity (Wildman–Crippen MR) is 39.7 cm³/mol. The number of carbonyl (C=O) groups excluding carboxylic acids is 2. The largest absolute Gasteiger partial charge is 0.248 e. The lowest BCUT2D eigenvalue weighted by atomic mass is 10.3. The molecule has 11 heavy (non-hydrogen) atoms. The third-order valence-electron chi connectivity index (χ3n) is 1.00. The minimum absolute atomic E-state index is 0.318. The summed E-state index contributed by atoms with van der Waals surface area (Å²) < 4.78 is 0. The molecule has 0 amide bonds. The van der Waals surface area contributed by atoms with Crippen molar-refractivity contribution >= 4 is 23.8 Å². The van der Waals surface area contributed by atoms with Crippen molar-refractivity contribution in [2.45, 2.75) is 24.9 Å². The first-order valence-electron chi connectivity index (χ1n) is 3.05. The third kappa shape index (κ3) is 3.68. The van der Waals surface area contributed by atoms with E-state index in [1.54, 1.807) is 0 Å². The number of hydrogen-bond donors (Lipinski definition) is 0. The summed E-state index contributed by atoms with van der Waals surface area (Å²) in [7, 11) is 0. The van der Waals surface area contributed by atoms with Gasteiger partial charge in [0, 0.05) is 6.42 Å². The highest BCUT2D eigenvalue weighted by Crippen LogP contribution is 2.23. The Morgan fingerprint density at radius 1 is 1.36 bits per heavy atom. The van der Waals surface area contributed by atoms with Gasteiger partial charge in [-0.2, -0.15) is 9.98 Å². The van der Waals surface area contributed by atoms with E-state index in [-0.39, 0.29) is 0 Å². The molecule has 0 atom stereocenters. The predicted octanol–water partition coefficient (Wildman–Crippen LogP) is 1.35. The molecular weight excluding hydrogens is 168 g/mol. The molecule has 0 saturated carbocycles. The summed E-state index contributed by atoms with van der Waals surface area (Å²) in [6, 6.07) is 0. The van der Waals surface area contributed by atoms with Gasteiger partial charge in [-0.15, -0.1) is 0 Å². The van der Waals surface area contributed by atoms with Crippen LogP contribution in [0.3, 0.4) is 0 Å². The average Bonchev–Trinajstić information content (AvgIpc) is 1.88. The Balaban J connectivity index is 4.49. The second-order valence-electron chi connectivity index (χ2n) is 1.88. The van der Waals surface area contributed by atoms with Crippen LogP contribution < -0.4 is 0 Å². The molecule has 0 N–H and O–H groups in total. The van der Waals surface area contributed by atoms with Gasteiger partial charge in [-0.3, -0.25) is 0 Å². The fourth-order valence-corrected chi connectivity index (χ4v) is 0.853. The van der Waals surface area contributed by atoms with Crippen molar-refractivity contribution in [3.8, 4) is 0 Å². The van der Waals surface area contributed by atoms with E-state index in [1.807, 2.05) is 6.92 Å². The third-order valence-corrected chi connectivity index (χ3v) is 1.36. The van der Waals surface area contributed by atoms with Crippen molar-refractivity contribution in [3.05, 3.63) is 0 Å². The molecule has 0 saturated heterocycles. The molecule has 0 spiro atoms. The van der Waals surface area contributed by atoms with Crippen LogP contribution in [0.2, 0.25) is 0 Å². The molecule has 0 fully saturated rings. The van der Waals surface area contributed by atoms with E-state index in [0.29, 0.717) is 12.8 Å². The molecule has 0 aromatic rings. The van der Waals surface area contributed by atoms with Gasteiger partial charge in [-0.25, -0.2) is 9.59 Å². The number of alkyl halides is 1. The van der Waals surface area contributed by atoms with Crippen LogP contribution in [0.15, 0.2) is 9.98 Å². The van der Waals surface area contributed by atoms with Gasteiger partial charge in [-0.1, -0.05) is 24.9 Å². The van der Waals surface area contributed by atoms with Crippen molar-refractivity contribution in [2.75, 3.05) is 0 Å². The second-order valence-corrected chi connectivity index (χ2v) is 2.48. The Kier molecular flexibility index (Phi) is 4.39.